The second-order valence-corrected chi connectivity index (χ2v) is 7.30. The Morgan fingerprint density at radius 3 is 2.21 bits per heavy atom. The highest BCUT2D eigenvalue weighted by Crippen LogP contribution is 2.22. The first-order valence-corrected chi connectivity index (χ1v) is 9.61. The third-order valence-corrected chi connectivity index (χ3v) is 5.11. The fraction of sp³-hybridized carbons (Fsp3) is 0.190. The first kappa shape index (κ1) is 20.9. The quantitative estimate of drug-likeness (QED) is 0.578. The maximum atomic E-state index is 12.4. The van der Waals surface area contributed by atoms with E-state index < -0.39 is 18.0 Å². The second-order valence-electron chi connectivity index (χ2n) is 6.49. The minimum Gasteiger partial charge on any atom is -0.449 e. The molecule has 1 heterocycles. The molecule has 3 aromatic rings. The van der Waals surface area contributed by atoms with E-state index in [1.165, 1.54) is 6.92 Å². The summed E-state index contributed by atoms with van der Waals surface area (Å²) in [7, 11) is 0. The predicted octanol–water partition coefficient (Wildman–Crippen LogP) is 4.98. The van der Waals surface area contributed by atoms with Gasteiger partial charge in [0.15, 0.2) is 6.10 Å². The highest BCUT2D eigenvalue weighted by atomic mass is 35.5. The number of rotatable bonds is 5. The Bertz CT molecular complexity index is 1040. The molecule has 0 saturated heterocycles. The van der Waals surface area contributed by atoms with E-state index in [9.17, 15) is 9.59 Å². The molecule has 1 aromatic heterocycles. The summed E-state index contributed by atoms with van der Waals surface area (Å²) < 4.78 is 6.97. The van der Waals surface area contributed by atoms with Crippen LogP contribution in [-0.2, 0) is 9.53 Å². The molecule has 0 aliphatic rings. The van der Waals surface area contributed by atoms with Gasteiger partial charge in [0.25, 0.3) is 5.91 Å². The summed E-state index contributed by atoms with van der Waals surface area (Å²) >= 11 is 12.0. The van der Waals surface area contributed by atoms with Gasteiger partial charge >= 0.3 is 5.97 Å². The number of ether oxygens (including phenoxy) is 1. The van der Waals surface area contributed by atoms with Crippen LogP contribution in [0.25, 0.3) is 5.69 Å². The molecule has 150 valence electrons. The maximum absolute atomic E-state index is 12.4. The first-order chi connectivity index (χ1) is 13.8. The topological polar surface area (TPSA) is 73.2 Å². The number of carbonyl (C=O) groups excluding carboxylic acids is 2. The number of aryl methyl sites for hydroxylation is 1. The number of anilines is 1. The third-order valence-electron chi connectivity index (χ3n) is 4.32. The Balaban J connectivity index is 1.64. The second kappa shape index (κ2) is 8.68. The molecule has 0 radical (unpaired) electrons. The Morgan fingerprint density at radius 2 is 1.66 bits per heavy atom. The Kier molecular flexibility index (Phi) is 6.25. The van der Waals surface area contributed by atoms with Gasteiger partial charge in [-0.15, -0.1) is 0 Å². The number of carbonyl (C=O) groups is 2. The van der Waals surface area contributed by atoms with Crippen molar-refractivity contribution in [3.8, 4) is 5.69 Å². The Morgan fingerprint density at radius 1 is 1.03 bits per heavy atom. The van der Waals surface area contributed by atoms with Gasteiger partial charge in [0, 0.05) is 10.7 Å². The average Bonchev–Trinajstić information content (AvgIpc) is 2.97. The minimum absolute atomic E-state index is 0.326. The van der Waals surface area contributed by atoms with Crippen LogP contribution in [0.1, 0.15) is 28.7 Å². The van der Waals surface area contributed by atoms with E-state index in [0.29, 0.717) is 21.3 Å². The van der Waals surface area contributed by atoms with Crippen molar-refractivity contribution in [2.45, 2.75) is 26.9 Å². The molecule has 1 amide bonds. The van der Waals surface area contributed by atoms with Crippen LogP contribution in [0, 0.1) is 13.8 Å². The molecule has 6 nitrogen and oxygen atoms in total. The summed E-state index contributed by atoms with van der Waals surface area (Å²) in [6.45, 7) is 5.20. The van der Waals surface area contributed by atoms with Crippen molar-refractivity contribution in [2.75, 3.05) is 5.32 Å². The number of hydrogen-bond acceptors (Lipinski definition) is 4. The maximum Gasteiger partial charge on any atom is 0.338 e. The smallest absolute Gasteiger partial charge is 0.338 e. The summed E-state index contributed by atoms with van der Waals surface area (Å²) in [6.07, 6.45) is -0.965. The number of esters is 1. The molecular formula is C21H19Cl2N3O3. The molecule has 29 heavy (non-hydrogen) atoms. The number of aromatic nitrogens is 2. The van der Waals surface area contributed by atoms with Crippen LogP contribution in [0.4, 0.5) is 5.69 Å². The largest absolute Gasteiger partial charge is 0.449 e. The van der Waals surface area contributed by atoms with Gasteiger partial charge in [-0.2, -0.15) is 5.10 Å². The van der Waals surface area contributed by atoms with E-state index in [0.717, 1.165) is 17.1 Å². The Labute approximate surface area is 178 Å². The molecule has 0 fully saturated rings. The van der Waals surface area contributed by atoms with Crippen molar-refractivity contribution in [3.63, 3.8) is 0 Å². The molecule has 3 rings (SSSR count). The molecule has 8 heteroatoms. The normalized spacial score (nSPS) is 11.8. The molecule has 0 spiro atoms. The van der Waals surface area contributed by atoms with E-state index in [4.69, 9.17) is 27.9 Å². The Hall–Kier alpha value is -2.83. The number of benzene rings is 2. The zero-order chi connectivity index (χ0) is 21.1. The summed E-state index contributed by atoms with van der Waals surface area (Å²) in [5.74, 6) is -1.03. The zero-order valence-electron chi connectivity index (χ0n) is 16.1. The molecular weight excluding hydrogens is 413 g/mol. The van der Waals surface area contributed by atoms with Crippen molar-refractivity contribution < 1.29 is 14.3 Å². The molecule has 0 bridgehead atoms. The molecule has 1 N–H and O–H groups in total. The lowest BCUT2D eigenvalue weighted by Crippen LogP contribution is -2.30. The fourth-order valence-electron chi connectivity index (χ4n) is 2.67. The summed E-state index contributed by atoms with van der Waals surface area (Å²) in [5, 5.41) is 8.22. The SMILES string of the molecule is Cc1nn(-c2ccc(C(=O)OC(C)C(=O)Nc3ccc(Cl)cc3)cc2)c(C)c1Cl. The van der Waals surface area contributed by atoms with Crippen molar-refractivity contribution in [2.24, 2.45) is 0 Å². The highest BCUT2D eigenvalue weighted by Gasteiger charge is 2.19. The fourth-order valence-corrected chi connectivity index (χ4v) is 2.92. The molecule has 1 atom stereocenters. The van der Waals surface area contributed by atoms with Crippen LogP contribution in [0.2, 0.25) is 10.0 Å². The van der Waals surface area contributed by atoms with Gasteiger partial charge in [0.1, 0.15) is 0 Å². The number of hydrogen-bond donors (Lipinski definition) is 1. The average molecular weight is 432 g/mol. The van der Waals surface area contributed by atoms with Gasteiger partial charge in [0.2, 0.25) is 0 Å². The van der Waals surface area contributed by atoms with E-state index in [-0.39, 0.29) is 0 Å². The number of nitrogens with zero attached hydrogens (tertiary/aromatic N) is 2. The summed E-state index contributed by atoms with van der Waals surface area (Å²) in [6, 6.07) is 13.4. The molecule has 0 aliphatic carbocycles. The van der Waals surface area contributed by atoms with Gasteiger partial charge in [-0.1, -0.05) is 23.2 Å². The van der Waals surface area contributed by atoms with Crippen molar-refractivity contribution in [1.82, 2.24) is 9.78 Å². The van der Waals surface area contributed by atoms with Crippen molar-refractivity contribution in [1.29, 1.82) is 0 Å². The summed E-state index contributed by atoms with van der Waals surface area (Å²) in [4.78, 5) is 24.6. The van der Waals surface area contributed by atoms with Gasteiger partial charge in [-0.3, -0.25) is 4.79 Å². The van der Waals surface area contributed by atoms with Gasteiger partial charge in [-0.25, -0.2) is 9.48 Å². The first-order valence-electron chi connectivity index (χ1n) is 8.86. The molecule has 0 saturated carbocycles. The monoisotopic (exact) mass is 431 g/mol. The zero-order valence-corrected chi connectivity index (χ0v) is 17.6. The van der Waals surface area contributed by atoms with Crippen LogP contribution in [0.5, 0.6) is 0 Å². The van der Waals surface area contributed by atoms with Gasteiger partial charge in [0.05, 0.1) is 27.7 Å². The highest BCUT2D eigenvalue weighted by molar-refractivity contribution is 6.31. The van der Waals surface area contributed by atoms with E-state index in [1.54, 1.807) is 53.2 Å². The van der Waals surface area contributed by atoms with E-state index in [2.05, 4.69) is 10.4 Å². The van der Waals surface area contributed by atoms with Crippen molar-refractivity contribution >= 4 is 40.8 Å². The lowest BCUT2D eigenvalue weighted by Gasteiger charge is -2.14. The lowest BCUT2D eigenvalue weighted by atomic mass is 10.2. The number of halogens is 2. The van der Waals surface area contributed by atoms with Crippen LogP contribution in [0.15, 0.2) is 48.5 Å². The van der Waals surface area contributed by atoms with Gasteiger partial charge < -0.3 is 10.1 Å². The third kappa shape index (κ3) is 4.78. The molecule has 2 aromatic carbocycles. The van der Waals surface area contributed by atoms with E-state index >= 15 is 0 Å². The predicted molar refractivity (Wildman–Crippen MR) is 113 cm³/mol. The van der Waals surface area contributed by atoms with Crippen LogP contribution >= 0.6 is 23.2 Å². The minimum atomic E-state index is -0.965. The number of nitrogens with one attached hydrogen (secondary N) is 1. The van der Waals surface area contributed by atoms with Crippen molar-refractivity contribution in [3.05, 3.63) is 75.5 Å². The van der Waals surface area contributed by atoms with Crippen LogP contribution in [-0.4, -0.2) is 27.8 Å². The van der Waals surface area contributed by atoms with Gasteiger partial charge in [-0.05, 0) is 69.3 Å². The molecule has 0 aliphatic heterocycles. The number of amides is 1. The van der Waals surface area contributed by atoms with Crippen LogP contribution < -0.4 is 5.32 Å². The standard InChI is InChI=1S/C21H19Cl2N3O3/c1-12-19(23)13(2)26(25-12)18-10-4-15(5-11-18)21(28)29-14(3)20(27)24-17-8-6-16(22)7-9-17/h4-11,14H,1-3H3,(H,24,27). The lowest BCUT2D eigenvalue weighted by molar-refractivity contribution is -0.123. The summed E-state index contributed by atoms with van der Waals surface area (Å²) in [5.41, 5.74) is 3.20. The van der Waals surface area contributed by atoms with Crippen LogP contribution in [0.3, 0.4) is 0 Å². The van der Waals surface area contributed by atoms with E-state index in [1.807, 2.05) is 13.8 Å². The molecule has 1 unspecified atom stereocenters.